The van der Waals surface area contributed by atoms with E-state index in [0.29, 0.717) is 13.5 Å². The second-order valence-electron chi connectivity index (χ2n) is 5.67. The molecule has 0 aliphatic carbocycles. The standard InChI is InChI=1S/C16H19F3N4O3/c1-4-25-22-9(2)8-20-14(24)11-6-5-10(7-12(11)17)13-21-15(26-23-13)16(3,18)19/h5-7,9,22H,4,8H2,1-3H3,(H,20,24). The lowest BCUT2D eigenvalue weighted by atomic mass is 10.1. The molecule has 0 saturated heterocycles. The third-order valence-electron chi connectivity index (χ3n) is 3.27. The summed E-state index contributed by atoms with van der Waals surface area (Å²) in [5, 5.41) is 5.96. The summed E-state index contributed by atoms with van der Waals surface area (Å²) in [6.45, 7) is 4.89. The maximum atomic E-state index is 14.2. The molecule has 10 heteroatoms. The van der Waals surface area contributed by atoms with Crippen molar-refractivity contribution in [3.05, 3.63) is 35.5 Å². The summed E-state index contributed by atoms with van der Waals surface area (Å²) in [5.74, 6) is -5.81. The topological polar surface area (TPSA) is 89.3 Å². The van der Waals surface area contributed by atoms with Crippen molar-refractivity contribution in [1.82, 2.24) is 20.9 Å². The number of carbonyl (C=O) groups is 1. The molecule has 1 heterocycles. The van der Waals surface area contributed by atoms with E-state index in [1.165, 1.54) is 12.1 Å². The Morgan fingerprint density at radius 1 is 1.42 bits per heavy atom. The van der Waals surface area contributed by atoms with Gasteiger partial charge < -0.3 is 14.7 Å². The van der Waals surface area contributed by atoms with Gasteiger partial charge in [0.25, 0.3) is 11.8 Å². The number of nitrogens with one attached hydrogen (secondary N) is 2. The van der Waals surface area contributed by atoms with Crippen LogP contribution >= 0.6 is 0 Å². The van der Waals surface area contributed by atoms with E-state index in [1.807, 2.05) is 6.92 Å². The van der Waals surface area contributed by atoms with Gasteiger partial charge in [-0.2, -0.15) is 19.2 Å². The van der Waals surface area contributed by atoms with Gasteiger partial charge in [0, 0.05) is 25.1 Å². The van der Waals surface area contributed by atoms with Crippen LogP contribution in [-0.2, 0) is 10.8 Å². The van der Waals surface area contributed by atoms with Crippen LogP contribution in [0.5, 0.6) is 0 Å². The maximum Gasteiger partial charge on any atom is 0.322 e. The van der Waals surface area contributed by atoms with Gasteiger partial charge in [-0.05, 0) is 26.0 Å². The van der Waals surface area contributed by atoms with Crippen LogP contribution in [0.25, 0.3) is 11.4 Å². The van der Waals surface area contributed by atoms with E-state index >= 15 is 0 Å². The second kappa shape index (κ2) is 8.28. The first-order chi connectivity index (χ1) is 12.2. The minimum Gasteiger partial charge on any atom is -0.350 e. The number of amides is 1. The number of alkyl halides is 2. The first-order valence-electron chi connectivity index (χ1n) is 7.89. The molecule has 0 saturated carbocycles. The van der Waals surface area contributed by atoms with E-state index in [9.17, 15) is 18.0 Å². The van der Waals surface area contributed by atoms with Gasteiger partial charge in [0.2, 0.25) is 5.82 Å². The van der Waals surface area contributed by atoms with E-state index in [-0.39, 0.29) is 29.5 Å². The molecule has 0 aliphatic heterocycles. The third kappa shape index (κ3) is 5.02. The number of nitrogens with zero attached hydrogens (tertiary/aromatic N) is 2. The molecule has 26 heavy (non-hydrogen) atoms. The molecule has 0 aliphatic rings. The molecule has 2 N–H and O–H groups in total. The lowest BCUT2D eigenvalue weighted by Crippen LogP contribution is -2.39. The molecule has 2 aromatic rings. The van der Waals surface area contributed by atoms with Crippen LogP contribution in [0.15, 0.2) is 22.7 Å². The Bertz CT molecular complexity index is 761. The zero-order chi connectivity index (χ0) is 19.3. The molecule has 1 atom stereocenters. The first kappa shape index (κ1) is 19.9. The summed E-state index contributed by atoms with van der Waals surface area (Å²) >= 11 is 0. The summed E-state index contributed by atoms with van der Waals surface area (Å²) in [5.41, 5.74) is 2.62. The van der Waals surface area contributed by atoms with Crippen molar-refractivity contribution in [1.29, 1.82) is 0 Å². The molecule has 0 radical (unpaired) electrons. The number of halogens is 3. The molecular formula is C16H19F3N4O3. The molecule has 7 nitrogen and oxygen atoms in total. The highest BCUT2D eigenvalue weighted by Gasteiger charge is 2.32. The van der Waals surface area contributed by atoms with E-state index in [0.717, 1.165) is 6.07 Å². The van der Waals surface area contributed by atoms with Crippen LogP contribution in [0.1, 0.15) is 37.0 Å². The van der Waals surface area contributed by atoms with Crippen molar-refractivity contribution >= 4 is 5.91 Å². The SMILES string of the molecule is CCONC(C)CNC(=O)c1ccc(-c2noc(C(C)(F)F)n2)cc1F. The van der Waals surface area contributed by atoms with E-state index < -0.39 is 23.5 Å². The van der Waals surface area contributed by atoms with E-state index in [1.54, 1.807) is 6.92 Å². The van der Waals surface area contributed by atoms with Gasteiger partial charge in [0.15, 0.2) is 0 Å². The number of rotatable bonds is 8. The molecule has 0 spiro atoms. The van der Waals surface area contributed by atoms with Crippen LogP contribution in [-0.4, -0.2) is 35.2 Å². The van der Waals surface area contributed by atoms with Crippen molar-refractivity contribution in [2.24, 2.45) is 0 Å². The Labute approximate surface area is 147 Å². The van der Waals surface area contributed by atoms with Crippen molar-refractivity contribution in [2.45, 2.75) is 32.7 Å². The lowest BCUT2D eigenvalue weighted by molar-refractivity contribution is -0.0158. The Morgan fingerprint density at radius 2 is 2.15 bits per heavy atom. The minimum absolute atomic E-state index is 0.115. The molecule has 0 bridgehead atoms. The van der Waals surface area contributed by atoms with Crippen LogP contribution in [0.2, 0.25) is 0 Å². The highest BCUT2D eigenvalue weighted by Crippen LogP contribution is 2.27. The first-order valence-corrected chi connectivity index (χ1v) is 7.89. The van der Waals surface area contributed by atoms with E-state index in [2.05, 4.69) is 25.5 Å². The van der Waals surface area contributed by atoms with Gasteiger partial charge in [0.1, 0.15) is 5.82 Å². The molecule has 142 valence electrons. The molecule has 1 unspecified atom stereocenters. The second-order valence-corrected chi connectivity index (χ2v) is 5.67. The highest BCUT2D eigenvalue weighted by molar-refractivity contribution is 5.94. The lowest BCUT2D eigenvalue weighted by Gasteiger charge is -2.14. The monoisotopic (exact) mass is 372 g/mol. The van der Waals surface area contributed by atoms with Gasteiger partial charge in [0.05, 0.1) is 12.2 Å². The van der Waals surface area contributed by atoms with Gasteiger partial charge in [-0.15, -0.1) is 0 Å². The molecule has 1 aromatic carbocycles. The average molecular weight is 372 g/mol. The van der Waals surface area contributed by atoms with Crippen LogP contribution in [0, 0.1) is 5.82 Å². The number of hydrogen-bond donors (Lipinski definition) is 2. The van der Waals surface area contributed by atoms with E-state index in [4.69, 9.17) is 4.84 Å². The zero-order valence-corrected chi connectivity index (χ0v) is 14.5. The summed E-state index contributed by atoms with van der Waals surface area (Å²) in [6.07, 6.45) is 0. The van der Waals surface area contributed by atoms with Crippen molar-refractivity contribution < 1.29 is 27.3 Å². The Balaban J connectivity index is 2.07. The smallest absolute Gasteiger partial charge is 0.322 e. The van der Waals surface area contributed by atoms with Crippen LogP contribution < -0.4 is 10.8 Å². The largest absolute Gasteiger partial charge is 0.350 e. The summed E-state index contributed by atoms with van der Waals surface area (Å²) in [7, 11) is 0. The Kier molecular flexibility index (Phi) is 6.32. The molecule has 2 rings (SSSR count). The molecular weight excluding hydrogens is 353 g/mol. The number of carbonyl (C=O) groups excluding carboxylic acids is 1. The minimum atomic E-state index is -3.30. The molecule has 1 amide bonds. The number of aromatic nitrogens is 2. The van der Waals surface area contributed by atoms with Gasteiger partial charge in [-0.1, -0.05) is 11.2 Å². The number of hydroxylamine groups is 1. The Hall–Kier alpha value is -2.46. The van der Waals surface area contributed by atoms with Gasteiger partial charge >= 0.3 is 5.92 Å². The normalized spacial score (nSPS) is 12.8. The quantitative estimate of drug-likeness (QED) is 0.693. The summed E-state index contributed by atoms with van der Waals surface area (Å²) < 4.78 is 44.9. The number of hydrogen-bond acceptors (Lipinski definition) is 6. The van der Waals surface area contributed by atoms with Crippen molar-refractivity contribution in [3.63, 3.8) is 0 Å². The van der Waals surface area contributed by atoms with Gasteiger partial charge in [-0.3, -0.25) is 4.79 Å². The van der Waals surface area contributed by atoms with Crippen LogP contribution in [0.4, 0.5) is 13.2 Å². The van der Waals surface area contributed by atoms with Crippen LogP contribution in [0.3, 0.4) is 0 Å². The summed E-state index contributed by atoms with van der Waals surface area (Å²) in [6, 6.07) is 3.39. The zero-order valence-electron chi connectivity index (χ0n) is 14.5. The van der Waals surface area contributed by atoms with Crippen molar-refractivity contribution in [3.8, 4) is 11.4 Å². The maximum absolute atomic E-state index is 14.2. The highest BCUT2D eigenvalue weighted by atomic mass is 19.3. The predicted octanol–water partition coefficient (Wildman–Crippen LogP) is 2.65. The fourth-order valence-electron chi connectivity index (χ4n) is 1.97. The third-order valence-corrected chi connectivity index (χ3v) is 3.27. The number of benzene rings is 1. The fourth-order valence-corrected chi connectivity index (χ4v) is 1.97. The average Bonchev–Trinajstić information content (AvgIpc) is 3.08. The Morgan fingerprint density at radius 3 is 2.73 bits per heavy atom. The predicted molar refractivity (Wildman–Crippen MR) is 85.8 cm³/mol. The fraction of sp³-hybridized carbons (Fsp3) is 0.438. The molecule has 1 aromatic heterocycles. The summed E-state index contributed by atoms with van der Waals surface area (Å²) in [4.78, 5) is 20.6. The molecule has 0 fully saturated rings. The van der Waals surface area contributed by atoms with Crippen molar-refractivity contribution in [2.75, 3.05) is 13.2 Å². The van der Waals surface area contributed by atoms with Gasteiger partial charge in [-0.25, -0.2) is 4.39 Å².